The van der Waals surface area contributed by atoms with Gasteiger partial charge in [-0.1, -0.05) is 20.8 Å². The molecule has 6 heteroatoms. The number of carbonyl (C=O) groups is 1. The van der Waals surface area contributed by atoms with Crippen molar-refractivity contribution in [2.45, 2.75) is 20.8 Å². The SMILES string of the molecule is CC(C)C(C)C(=O)Nc1ccc([N+](=O)[O-])cc1O. The van der Waals surface area contributed by atoms with Crippen LogP contribution in [0.4, 0.5) is 11.4 Å². The summed E-state index contributed by atoms with van der Waals surface area (Å²) in [6.07, 6.45) is 0. The third kappa shape index (κ3) is 3.19. The Morgan fingerprint density at radius 3 is 2.44 bits per heavy atom. The van der Waals surface area contributed by atoms with E-state index < -0.39 is 4.92 Å². The number of nitro benzene ring substituents is 1. The van der Waals surface area contributed by atoms with E-state index in [9.17, 15) is 20.0 Å². The lowest BCUT2D eigenvalue weighted by Gasteiger charge is -2.15. The average molecular weight is 252 g/mol. The number of nitrogens with one attached hydrogen (secondary N) is 1. The van der Waals surface area contributed by atoms with Crippen LogP contribution in [0.2, 0.25) is 0 Å². The molecule has 0 saturated heterocycles. The fraction of sp³-hybridized carbons (Fsp3) is 0.417. The van der Waals surface area contributed by atoms with Crippen molar-refractivity contribution < 1.29 is 14.8 Å². The number of phenolic OH excluding ortho intramolecular Hbond substituents is 1. The van der Waals surface area contributed by atoms with E-state index >= 15 is 0 Å². The second-order valence-corrected chi connectivity index (χ2v) is 4.48. The maximum Gasteiger partial charge on any atom is 0.273 e. The normalized spacial score (nSPS) is 12.2. The number of nitrogens with zero attached hydrogens (tertiary/aromatic N) is 1. The lowest BCUT2D eigenvalue weighted by atomic mass is 9.97. The standard InChI is InChI=1S/C12H16N2O4/c1-7(2)8(3)12(16)13-10-5-4-9(14(17)18)6-11(10)15/h4-8,15H,1-3H3,(H,13,16). The summed E-state index contributed by atoms with van der Waals surface area (Å²) in [6, 6.07) is 3.56. The summed E-state index contributed by atoms with van der Waals surface area (Å²) in [7, 11) is 0. The van der Waals surface area contributed by atoms with Crippen LogP contribution in [0.25, 0.3) is 0 Å². The van der Waals surface area contributed by atoms with Crippen LogP contribution in [0.5, 0.6) is 5.75 Å². The van der Waals surface area contributed by atoms with Crippen molar-refractivity contribution in [2.75, 3.05) is 5.32 Å². The number of amides is 1. The maximum absolute atomic E-state index is 11.8. The first kappa shape index (κ1) is 14.0. The van der Waals surface area contributed by atoms with Gasteiger partial charge in [0, 0.05) is 12.0 Å². The summed E-state index contributed by atoms with van der Waals surface area (Å²) in [5.41, 5.74) is -0.0412. The van der Waals surface area contributed by atoms with E-state index in [1.807, 2.05) is 13.8 Å². The molecule has 1 unspecified atom stereocenters. The highest BCUT2D eigenvalue weighted by molar-refractivity contribution is 5.94. The second kappa shape index (κ2) is 5.48. The molecule has 6 nitrogen and oxygen atoms in total. The molecule has 18 heavy (non-hydrogen) atoms. The smallest absolute Gasteiger partial charge is 0.273 e. The Morgan fingerprint density at radius 2 is 2.00 bits per heavy atom. The Hall–Kier alpha value is -2.11. The van der Waals surface area contributed by atoms with E-state index in [4.69, 9.17) is 0 Å². The fourth-order valence-electron chi connectivity index (χ4n) is 1.29. The maximum atomic E-state index is 11.8. The summed E-state index contributed by atoms with van der Waals surface area (Å²) >= 11 is 0. The summed E-state index contributed by atoms with van der Waals surface area (Å²) in [4.78, 5) is 21.7. The molecule has 0 bridgehead atoms. The zero-order valence-corrected chi connectivity index (χ0v) is 10.5. The van der Waals surface area contributed by atoms with Crippen LogP contribution in [0.15, 0.2) is 18.2 Å². The number of hydrogen-bond acceptors (Lipinski definition) is 4. The molecule has 0 radical (unpaired) electrons. The van der Waals surface area contributed by atoms with Crippen LogP contribution in [0.3, 0.4) is 0 Å². The number of carbonyl (C=O) groups excluding carboxylic acids is 1. The molecule has 0 aliphatic carbocycles. The Bertz CT molecular complexity index is 471. The summed E-state index contributed by atoms with van der Waals surface area (Å²) < 4.78 is 0. The average Bonchev–Trinajstić information content (AvgIpc) is 2.30. The highest BCUT2D eigenvalue weighted by Crippen LogP contribution is 2.28. The van der Waals surface area contributed by atoms with Gasteiger partial charge < -0.3 is 10.4 Å². The van der Waals surface area contributed by atoms with Crippen molar-refractivity contribution in [1.82, 2.24) is 0 Å². The van der Waals surface area contributed by atoms with Gasteiger partial charge in [-0.25, -0.2) is 0 Å². The molecule has 0 aromatic heterocycles. The van der Waals surface area contributed by atoms with E-state index in [0.29, 0.717) is 0 Å². The topological polar surface area (TPSA) is 92.5 Å². The van der Waals surface area contributed by atoms with E-state index in [1.165, 1.54) is 12.1 Å². The number of phenols is 1. The zero-order valence-electron chi connectivity index (χ0n) is 10.5. The van der Waals surface area contributed by atoms with E-state index in [1.54, 1.807) is 6.92 Å². The molecule has 0 heterocycles. The molecule has 0 spiro atoms. The lowest BCUT2D eigenvalue weighted by Crippen LogP contribution is -2.24. The summed E-state index contributed by atoms with van der Waals surface area (Å²) in [6.45, 7) is 5.61. The molecule has 0 fully saturated rings. The highest BCUT2D eigenvalue weighted by atomic mass is 16.6. The first-order valence-electron chi connectivity index (χ1n) is 5.61. The van der Waals surface area contributed by atoms with Crippen molar-refractivity contribution in [2.24, 2.45) is 11.8 Å². The van der Waals surface area contributed by atoms with E-state index in [2.05, 4.69) is 5.32 Å². The van der Waals surface area contributed by atoms with Crippen molar-refractivity contribution in [3.05, 3.63) is 28.3 Å². The summed E-state index contributed by atoms with van der Waals surface area (Å²) in [5, 5.41) is 22.6. The Balaban J connectivity index is 2.86. The monoisotopic (exact) mass is 252 g/mol. The van der Waals surface area contributed by atoms with Crippen molar-refractivity contribution in [1.29, 1.82) is 0 Å². The van der Waals surface area contributed by atoms with Crippen LogP contribution in [-0.4, -0.2) is 15.9 Å². The van der Waals surface area contributed by atoms with Gasteiger partial charge in [0.1, 0.15) is 5.75 Å². The second-order valence-electron chi connectivity index (χ2n) is 4.48. The zero-order chi connectivity index (χ0) is 13.9. The van der Waals surface area contributed by atoms with Gasteiger partial charge in [-0.3, -0.25) is 14.9 Å². The minimum Gasteiger partial charge on any atom is -0.506 e. The number of aromatic hydroxyl groups is 1. The van der Waals surface area contributed by atoms with Gasteiger partial charge in [0.2, 0.25) is 5.91 Å². The molecule has 0 aliphatic heterocycles. The van der Waals surface area contributed by atoms with Gasteiger partial charge in [-0.15, -0.1) is 0 Å². The Morgan fingerprint density at radius 1 is 1.39 bits per heavy atom. The third-order valence-corrected chi connectivity index (χ3v) is 2.86. The molecule has 0 saturated carbocycles. The van der Waals surface area contributed by atoms with Gasteiger partial charge in [0.15, 0.2) is 0 Å². The van der Waals surface area contributed by atoms with Crippen molar-refractivity contribution in [3.8, 4) is 5.75 Å². The van der Waals surface area contributed by atoms with Crippen LogP contribution in [-0.2, 0) is 4.79 Å². The van der Waals surface area contributed by atoms with Crippen LogP contribution in [0, 0.1) is 22.0 Å². The molecule has 1 amide bonds. The number of benzene rings is 1. The van der Waals surface area contributed by atoms with Crippen molar-refractivity contribution >= 4 is 17.3 Å². The lowest BCUT2D eigenvalue weighted by molar-refractivity contribution is -0.384. The van der Waals surface area contributed by atoms with E-state index in [0.717, 1.165) is 6.07 Å². The molecular formula is C12H16N2O4. The number of nitro groups is 1. The molecule has 2 N–H and O–H groups in total. The highest BCUT2D eigenvalue weighted by Gasteiger charge is 2.18. The number of non-ortho nitro benzene ring substituents is 1. The molecule has 1 atom stereocenters. The van der Waals surface area contributed by atoms with Gasteiger partial charge >= 0.3 is 0 Å². The minimum atomic E-state index is -0.609. The van der Waals surface area contributed by atoms with E-state index in [-0.39, 0.29) is 34.9 Å². The first-order chi connectivity index (χ1) is 8.32. The van der Waals surface area contributed by atoms with Crippen LogP contribution < -0.4 is 5.32 Å². The van der Waals surface area contributed by atoms with Gasteiger partial charge in [-0.2, -0.15) is 0 Å². The largest absolute Gasteiger partial charge is 0.506 e. The minimum absolute atomic E-state index is 0.171. The molecule has 1 aromatic carbocycles. The van der Waals surface area contributed by atoms with Crippen molar-refractivity contribution in [3.63, 3.8) is 0 Å². The van der Waals surface area contributed by atoms with Crippen LogP contribution in [0.1, 0.15) is 20.8 Å². The number of rotatable bonds is 4. The summed E-state index contributed by atoms with van der Waals surface area (Å²) in [5.74, 6) is -0.576. The first-order valence-corrected chi connectivity index (χ1v) is 5.61. The molecule has 98 valence electrons. The quantitative estimate of drug-likeness (QED) is 0.489. The Kier molecular flexibility index (Phi) is 4.25. The number of anilines is 1. The van der Waals surface area contributed by atoms with Gasteiger partial charge in [-0.05, 0) is 12.0 Å². The third-order valence-electron chi connectivity index (χ3n) is 2.86. The number of hydrogen-bond donors (Lipinski definition) is 2. The van der Waals surface area contributed by atoms with Gasteiger partial charge in [0.05, 0.1) is 16.7 Å². The molecule has 0 aliphatic rings. The van der Waals surface area contributed by atoms with Crippen LogP contribution >= 0.6 is 0 Å². The Labute approximate surface area is 105 Å². The molecular weight excluding hydrogens is 236 g/mol. The van der Waals surface area contributed by atoms with Gasteiger partial charge in [0.25, 0.3) is 5.69 Å². The molecule has 1 rings (SSSR count). The molecule has 1 aromatic rings. The predicted octanol–water partition coefficient (Wildman–Crippen LogP) is 2.53. The fourth-order valence-corrected chi connectivity index (χ4v) is 1.29. The predicted molar refractivity (Wildman–Crippen MR) is 67.4 cm³/mol.